The first kappa shape index (κ1) is 31.3. The maximum Gasteiger partial charge on any atom is 0.124 e. The fourth-order valence-corrected chi connectivity index (χ4v) is 7.26. The average Bonchev–Trinajstić information content (AvgIpc) is 3.03. The third kappa shape index (κ3) is 9.70. The van der Waals surface area contributed by atoms with Gasteiger partial charge in [-0.3, -0.25) is 19.6 Å². The summed E-state index contributed by atoms with van der Waals surface area (Å²) in [5, 5.41) is 20.7. The lowest BCUT2D eigenvalue weighted by molar-refractivity contribution is 0.210. The molecule has 0 atom stereocenters. The van der Waals surface area contributed by atoms with Crippen LogP contribution in [-0.2, 0) is 26.2 Å². The number of rotatable bonds is 8. The third-order valence-corrected chi connectivity index (χ3v) is 9.70. The fourth-order valence-electron chi connectivity index (χ4n) is 7.26. The molecule has 232 valence electrons. The molecule has 0 aliphatic carbocycles. The molecule has 0 unspecified atom stereocenters. The van der Waals surface area contributed by atoms with Crippen LogP contribution in [0.15, 0.2) is 36.4 Å². The van der Waals surface area contributed by atoms with Gasteiger partial charge in [-0.2, -0.15) is 0 Å². The molecule has 0 aromatic heterocycles. The van der Waals surface area contributed by atoms with E-state index in [0.717, 1.165) is 42.9 Å². The number of nitrogens with zero attached hydrogens (tertiary/aromatic N) is 4. The lowest BCUT2D eigenvalue weighted by Gasteiger charge is -2.30. The van der Waals surface area contributed by atoms with Gasteiger partial charge in [0.15, 0.2) is 0 Å². The number of para-hydroxylation sites is 1. The van der Waals surface area contributed by atoms with Crippen molar-refractivity contribution >= 4 is 0 Å². The second-order valence-corrected chi connectivity index (χ2v) is 13.2. The predicted octanol–water partition coefficient (Wildman–Crippen LogP) is 6.73. The normalized spacial score (nSPS) is 21.5. The maximum absolute atomic E-state index is 11.1. The van der Waals surface area contributed by atoms with Crippen LogP contribution in [0, 0.1) is 0 Å². The van der Waals surface area contributed by atoms with Gasteiger partial charge in [-0.05, 0) is 127 Å². The largest absolute Gasteiger partial charge is 0.508 e. The van der Waals surface area contributed by atoms with Gasteiger partial charge in [0, 0.05) is 42.9 Å². The van der Waals surface area contributed by atoms with Crippen LogP contribution in [0.25, 0.3) is 0 Å². The summed E-state index contributed by atoms with van der Waals surface area (Å²) in [7, 11) is 0. The monoisotopic (exact) mass is 576 g/mol. The van der Waals surface area contributed by atoms with Gasteiger partial charge in [0.25, 0.3) is 0 Å². The van der Waals surface area contributed by atoms with Crippen LogP contribution in [0.4, 0.5) is 0 Å². The highest BCUT2D eigenvalue weighted by Crippen LogP contribution is 2.30. The topological polar surface area (TPSA) is 53.4 Å². The van der Waals surface area contributed by atoms with E-state index >= 15 is 0 Å². The van der Waals surface area contributed by atoms with Crippen molar-refractivity contribution in [3.8, 4) is 11.5 Å². The second-order valence-electron chi connectivity index (χ2n) is 13.2. The summed E-state index contributed by atoms with van der Waals surface area (Å²) in [4.78, 5) is 10.1. The molecule has 0 radical (unpaired) electrons. The summed E-state index contributed by atoms with van der Waals surface area (Å²) in [5.74, 6) is 0.997. The summed E-state index contributed by atoms with van der Waals surface area (Å²) in [6.45, 7) is 13.3. The number of piperidine rings is 4. The number of aromatic hydroxyl groups is 2. The molecule has 6 rings (SSSR count). The van der Waals surface area contributed by atoms with Gasteiger partial charge < -0.3 is 10.2 Å². The van der Waals surface area contributed by atoms with Crippen LogP contribution in [0.5, 0.6) is 11.5 Å². The quantitative estimate of drug-likeness (QED) is 0.364. The number of hydrogen-bond acceptors (Lipinski definition) is 6. The average molecular weight is 577 g/mol. The van der Waals surface area contributed by atoms with E-state index in [1.165, 1.54) is 135 Å². The SMILES string of the molecule is Oc1c(CN2CCCCC2)cc(CN2CCCCC2)cc1CN1CCCCC1.Oc1ccccc1CN1CCCCC1. The van der Waals surface area contributed by atoms with E-state index < -0.39 is 0 Å². The molecule has 0 amide bonds. The molecule has 4 fully saturated rings. The van der Waals surface area contributed by atoms with Crippen LogP contribution in [0.3, 0.4) is 0 Å². The molecular formula is C36H56N4O2. The molecule has 2 aromatic rings. The fraction of sp³-hybridized carbons (Fsp3) is 0.667. The molecule has 0 saturated carbocycles. The van der Waals surface area contributed by atoms with Gasteiger partial charge in [0.2, 0.25) is 0 Å². The first-order chi connectivity index (χ1) is 20.6. The van der Waals surface area contributed by atoms with Crippen LogP contribution in [0.1, 0.15) is 99.3 Å². The van der Waals surface area contributed by atoms with Crippen molar-refractivity contribution in [3.63, 3.8) is 0 Å². The standard InChI is InChI=1S/C24H39N3O.C12H17NO/c28-24-22(19-26-12-6-2-7-13-26)16-21(18-25-10-4-1-5-11-25)17-23(24)20-27-14-8-3-9-15-27;14-12-7-3-2-6-11(12)10-13-8-4-1-5-9-13/h16-17,28H,1-15,18-20H2;2-3,6-7,14H,1,4-5,8-10H2. The maximum atomic E-state index is 11.1. The van der Waals surface area contributed by atoms with Crippen molar-refractivity contribution in [1.29, 1.82) is 0 Å². The zero-order chi connectivity index (χ0) is 29.0. The van der Waals surface area contributed by atoms with Gasteiger partial charge in [-0.1, -0.05) is 43.9 Å². The Hall–Kier alpha value is -2.12. The van der Waals surface area contributed by atoms with Crippen LogP contribution < -0.4 is 0 Å². The molecule has 0 spiro atoms. The minimum absolute atomic E-state index is 0.429. The Morgan fingerprint density at radius 2 is 0.786 bits per heavy atom. The van der Waals surface area contributed by atoms with Crippen molar-refractivity contribution in [3.05, 3.63) is 58.7 Å². The number of phenolic OH excluding ortho intramolecular Hbond substituents is 2. The number of hydrogen-bond donors (Lipinski definition) is 2. The molecule has 4 aliphatic rings. The van der Waals surface area contributed by atoms with Gasteiger partial charge in [0.05, 0.1) is 0 Å². The molecule has 0 bridgehead atoms. The third-order valence-electron chi connectivity index (χ3n) is 9.70. The molecule has 4 heterocycles. The van der Waals surface area contributed by atoms with Gasteiger partial charge in [-0.25, -0.2) is 0 Å². The van der Waals surface area contributed by atoms with Gasteiger partial charge >= 0.3 is 0 Å². The highest BCUT2D eigenvalue weighted by atomic mass is 16.3. The van der Waals surface area contributed by atoms with Crippen LogP contribution in [0.2, 0.25) is 0 Å². The first-order valence-electron chi connectivity index (χ1n) is 17.1. The molecule has 42 heavy (non-hydrogen) atoms. The summed E-state index contributed by atoms with van der Waals surface area (Å²) in [6, 6.07) is 12.2. The minimum atomic E-state index is 0.429. The number of phenols is 2. The molecule has 6 nitrogen and oxygen atoms in total. The number of likely N-dealkylation sites (tertiary alicyclic amines) is 4. The van der Waals surface area contributed by atoms with E-state index in [-0.39, 0.29) is 0 Å². The van der Waals surface area contributed by atoms with Gasteiger partial charge in [-0.15, -0.1) is 0 Å². The van der Waals surface area contributed by atoms with Crippen LogP contribution in [-0.4, -0.2) is 82.2 Å². The lowest BCUT2D eigenvalue weighted by atomic mass is 10.00. The van der Waals surface area contributed by atoms with Crippen molar-refractivity contribution in [1.82, 2.24) is 19.6 Å². The number of benzene rings is 2. The zero-order valence-corrected chi connectivity index (χ0v) is 26.1. The highest BCUT2D eigenvalue weighted by Gasteiger charge is 2.20. The minimum Gasteiger partial charge on any atom is -0.508 e. The molecule has 2 aromatic carbocycles. The van der Waals surface area contributed by atoms with Crippen LogP contribution >= 0.6 is 0 Å². The molecule has 6 heteroatoms. The smallest absolute Gasteiger partial charge is 0.124 e. The van der Waals surface area contributed by atoms with Crippen molar-refractivity contribution in [2.45, 2.75) is 103 Å². The van der Waals surface area contributed by atoms with Gasteiger partial charge in [0.1, 0.15) is 11.5 Å². The van der Waals surface area contributed by atoms with Crippen molar-refractivity contribution in [2.24, 2.45) is 0 Å². The Balaban J connectivity index is 0.000000211. The highest BCUT2D eigenvalue weighted by molar-refractivity contribution is 5.44. The Morgan fingerprint density at radius 1 is 0.429 bits per heavy atom. The zero-order valence-electron chi connectivity index (χ0n) is 26.1. The van der Waals surface area contributed by atoms with Crippen molar-refractivity contribution < 1.29 is 10.2 Å². The van der Waals surface area contributed by atoms with E-state index in [4.69, 9.17) is 0 Å². The van der Waals surface area contributed by atoms with E-state index in [1.54, 1.807) is 6.07 Å². The van der Waals surface area contributed by atoms with E-state index in [9.17, 15) is 10.2 Å². The van der Waals surface area contributed by atoms with E-state index in [2.05, 4.69) is 31.7 Å². The Labute approximate surface area is 255 Å². The molecule has 2 N–H and O–H groups in total. The van der Waals surface area contributed by atoms with E-state index in [1.807, 2.05) is 18.2 Å². The predicted molar refractivity (Wildman–Crippen MR) is 173 cm³/mol. The Bertz CT molecular complexity index is 1030. The Kier molecular flexibility index (Phi) is 12.4. The lowest BCUT2D eigenvalue weighted by Crippen LogP contribution is -2.31. The first-order valence-corrected chi connectivity index (χ1v) is 17.1. The Morgan fingerprint density at radius 3 is 1.19 bits per heavy atom. The summed E-state index contributed by atoms with van der Waals surface area (Å²) >= 11 is 0. The molecule has 4 aliphatic heterocycles. The summed E-state index contributed by atoms with van der Waals surface area (Å²) in [6.07, 6.45) is 15.9. The van der Waals surface area contributed by atoms with Crippen molar-refractivity contribution in [2.75, 3.05) is 52.4 Å². The molecular weight excluding hydrogens is 520 g/mol. The summed E-state index contributed by atoms with van der Waals surface area (Å²) in [5.41, 5.74) is 4.76. The second kappa shape index (κ2) is 16.7. The van der Waals surface area contributed by atoms with E-state index in [0.29, 0.717) is 11.5 Å². The molecule has 4 saturated heterocycles. The summed E-state index contributed by atoms with van der Waals surface area (Å²) < 4.78 is 0.